The van der Waals surface area contributed by atoms with Gasteiger partial charge in [-0.2, -0.15) is 0 Å². The summed E-state index contributed by atoms with van der Waals surface area (Å²) < 4.78 is 5.50. The van der Waals surface area contributed by atoms with Gasteiger partial charge in [-0.05, 0) is 35.6 Å². The average Bonchev–Trinajstić information content (AvgIpc) is 3.10. The Labute approximate surface area is 138 Å². The van der Waals surface area contributed by atoms with Crippen molar-refractivity contribution in [3.8, 4) is 0 Å². The van der Waals surface area contributed by atoms with Gasteiger partial charge in [0, 0.05) is 12.4 Å². The Bertz CT molecular complexity index is 732. The van der Waals surface area contributed by atoms with Gasteiger partial charge in [0.05, 0.1) is 6.04 Å². The first-order valence-corrected chi connectivity index (χ1v) is 8.40. The van der Waals surface area contributed by atoms with E-state index in [4.69, 9.17) is 4.42 Å². The summed E-state index contributed by atoms with van der Waals surface area (Å²) in [5.74, 6) is 0.0576. The van der Waals surface area contributed by atoms with Crippen LogP contribution in [0.3, 0.4) is 0 Å². The third-order valence-corrected chi connectivity index (χ3v) is 4.05. The molecule has 5 heteroatoms. The zero-order chi connectivity index (χ0) is 16.1. The quantitative estimate of drug-likeness (QED) is 0.723. The molecule has 0 radical (unpaired) electrons. The molecule has 0 aliphatic rings. The molecule has 1 amide bonds. The zero-order valence-corrected chi connectivity index (χ0v) is 13.4. The minimum Gasteiger partial charge on any atom is -0.445 e. The van der Waals surface area contributed by atoms with Crippen molar-refractivity contribution in [2.45, 2.75) is 11.1 Å². The standard InChI is InChI=1S/C18H16N2O2S/c1-23-16-10-9-15(22-16)18(21)20-17(13-6-3-2-4-7-13)14-8-5-11-19-12-14/h2-12,17H,1H3,(H,20,21)/t17-/m1/s1. The summed E-state index contributed by atoms with van der Waals surface area (Å²) in [6.45, 7) is 0. The predicted molar refractivity (Wildman–Crippen MR) is 90.5 cm³/mol. The second kappa shape index (κ2) is 7.15. The van der Waals surface area contributed by atoms with Gasteiger partial charge in [0.25, 0.3) is 5.91 Å². The molecule has 116 valence electrons. The smallest absolute Gasteiger partial charge is 0.287 e. The maximum atomic E-state index is 12.5. The van der Waals surface area contributed by atoms with Crippen molar-refractivity contribution in [1.29, 1.82) is 0 Å². The topological polar surface area (TPSA) is 55.1 Å². The van der Waals surface area contributed by atoms with Gasteiger partial charge in [-0.3, -0.25) is 9.78 Å². The molecule has 0 saturated heterocycles. The van der Waals surface area contributed by atoms with E-state index in [1.165, 1.54) is 11.8 Å². The van der Waals surface area contributed by atoms with Crippen molar-refractivity contribution in [2.24, 2.45) is 0 Å². The molecule has 0 fully saturated rings. The second-order valence-electron chi connectivity index (χ2n) is 4.93. The van der Waals surface area contributed by atoms with E-state index in [9.17, 15) is 4.79 Å². The monoisotopic (exact) mass is 324 g/mol. The molecule has 4 nitrogen and oxygen atoms in total. The number of nitrogens with one attached hydrogen (secondary N) is 1. The van der Waals surface area contributed by atoms with Gasteiger partial charge in [0.2, 0.25) is 0 Å². The number of hydrogen-bond donors (Lipinski definition) is 1. The van der Waals surface area contributed by atoms with Gasteiger partial charge in [0.1, 0.15) is 0 Å². The number of hydrogen-bond acceptors (Lipinski definition) is 4. The summed E-state index contributed by atoms with van der Waals surface area (Å²) in [4.78, 5) is 16.6. The summed E-state index contributed by atoms with van der Waals surface area (Å²) in [5, 5.41) is 3.74. The van der Waals surface area contributed by atoms with Crippen LogP contribution in [0.25, 0.3) is 0 Å². The molecule has 3 aromatic rings. The number of carbonyl (C=O) groups excluding carboxylic acids is 1. The molecule has 2 heterocycles. The van der Waals surface area contributed by atoms with Crippen LogP contribution in [-0.4, -0.2) is 17.1 Å². The zero-order valence-electron chi connectivity index (χ0n) is 12.6. The number of carbonyl (C=O) groups is 1. The molecule has 0 aliphatic heterocycles. The minimum absolute atomic E-state index is 0.247. The number of pyridine rings is 1. The summed E-state index contributed by atoms with van der Waals surface area (Å²) in [7, 11) is 0. The molecule has 0 aliphatic carbocycles. The van der Waals surface area contributed by atoms with E-state index in [1.54, 1.807) is 24.5 Å². The molecular formula is C18H16N2O2S. The van der Waals surface area contributed by atoms with Gasteiger partial charge < -0.3 is 9.73 Å². The molecule has 1 aromatic carbocycles. The predicted octanol–water partition coefficient (Wildman–Crippen LogP) is 3.92. The molecule has 2 aromatic heterocycles. The fraction of sp³-hybridized carbons (Fsp3) is 0.111. The third-order valence-electron chi connectivity index (χ3n) is 3.43. The molecule has 1 N–H and O–H groups in total. The van der Waals surface area contributed by atoms with Crippen molar-refractivity contribution < 1.29 is 9.21 Å². The average molecular weight is 324 g/mol. The van der Waals surface area contributed by atoms with Crippen LogP contribution in [0.2, 0.25) is 0 Å². The van der Waals surface area contributed by atoms with E-state index >= 15 is 0 Å². The summed E-state index contributed by atoms with van der Waals surface area (Å²) >= 11 is 1.46. The minimum atomic E-state index is -0.278. The highest BCUT2D eigenvalue weighted by Crippen LogP contribution is 2.23. The van der Waals surface area contributed by atoms with E-state index in [0.717, 1.165) is 11.1 Å². The fourth-order valence-corrected chi connectivity index (χ4v) is 2.68. The van der Waals surface area contributed by atoms with Crippen LogP contribution in [0.5, 0.6) is 0 Å². The largest absolute Gasteiger partial charge is 0.445 e. The lowest BCUT2D eigenvalue weighted by atomic mass is 10.00. The van der Waals surface area contributed by atoms with Crippen molar-refractivity contribution in [3.63, 3.8) is 0 Å². The first-order valence-electron chi connectivity index (χ1n) is 7.17. The number of aromatic nitrogens is 1. The summed E-state index contributed by atoms with van der Waals surface area (Å²) in [6, 6.07) is 16.8. The number of nitrogens with zero attached hydrogens (tertiary/aromatic N) is 1. The number of amides is 1. The Morgan fingerprint density at radius 2 is 1.87 bits per heavy atom. The highest BCUT2D eigenvalue weighted by Gasteiger charge is 2.19. The fourth-order valence-electron chi connectivity index (χ4n) is 2.31. The van der Waals surface area contributed by atoms with Gasteiger partial charge in [0.15, 0.2) is 10.9 Å². The van der Waals surface area contributed by atoms with Crippen LogP contribution in [0, 0.1) is 0 Å². The number of benzene rings is 1. The SMILES string of the molecule is CSc1ccc(C(=O)N[C@H](c2ccccc2)c2cccnc2)o1. The van der Waals surface area contributed by atoms with Crippen LogP contribution in [0.15, 0.2) is 76.5 Å². The molecule has 0 spiro atoms. The lowest BCUT2D eigenvalue weighted by molar-refractivity contribution is 0.0910. The second-order valence-corrected chi connectivity index (χ2v) is 5.74. The first-order chi connectivity index (χ1) is 11.3. The third kappa shape index (κ3) is 3.63. The lowest BCUT2D eigenvalue weighted by Crippen LogP contribution is -2.29. The van der Waals surface area contributed by atoms with Gasteiger partial charge in [-0.15, -0.1) is 0 Å². The molecule has 0 saturated carbocycles. The maximum Gasteiger partial charge on any atom is 0.287 e. The van der Waals surface area contributed by atoms with Crippen molar-refractivity contribution in [3.05, 3.63) is 83.9 Å². The van der Waals surface area contributed by atoms with Crippen LogP contribution >= 0.6 is 11.8 Å². The van der Waals surface area contributed by atoms with E-state index in [-0.39, 0.29) is 11.9 Å². The molecule has 3 rings (SSSR count). The van der Waals surface area contributed by atoms with Crippen molar-refractivity contribution in [1.82, 2.24) is 10.3 Å². The van der Waals surface area contributed by atoms with Gasteiger partial charge in [-0.1, -0.05) is 48.2 Å². The molecule has 23 heavy (non-hydrogen) atoms. The molecule has 0 bridgehead atoms. The Balaban J connectivity index is 1.88. The van der Waals surface area contributed by atoms with Gasteiger partial charge in [-0.25, -0.2) is 0 Å². The highest BCUT2D eigenvalue weighted by molar-refractivity contribution is 7.98. The van der Waals surface area contributed by atoms with E-state index < -0.39 is 0 Å². The lowest BCUT2D eigenvalue weighted by Gasteiger charge is -2.18. The van der Waals surface area contributed by atoms with Crippen LogP contribution in [0.1, 0.15) is 27.7 Å². The van der Waals surface area contributed by atoms with E-state index in [1.807, 2.05) is 48.7 Å². The van der Waals surface area contributed by atoms with Crippen LogP contribution in [0.4, 0.5) is 0 Å². The Morgan fingerprint density at radius 1 is 1.09 bits per heavy atom. The highest BCUT2D eigenvalue weighted by atomic mass is 32.2. The summed E-state index contributed by atoms with van der Waals surface area (Å²) in [6.07, 6.45) is 5.38. The maximum absolute atomic E-state index is 12.5. The summed E-state index contributed by atoms with van der Waals surface area (Å²) in [5.41, 5.74) is 1.91. The van der Waals surface area contributed by atoms with Gasteiger partial charge >= 0.3 is 0 Å². The molecular weight excluding hydrogens is 308 g/mol. The Morgan fingerprint density at radius 3 is 2.52 bits per heavy atom. The Hall–Kier alpha value is -2.53. The molecule has 0 unspecified atom stereocenters. The first kappa shape index (κ1) is 15.4. The molecule has 1 atom stereocenters. The number of rotatable bonds is 5. The normalized spacial score (nSPS) is 11.9. The number of furan rings is 1. The van der Waals surface area contributed by atoms with Crippen molar-refractivity contribution >= 4 is 17.7 Å². The van der Waals surface area contributed by atoms with E-state index in [2.05, 4.69) is 10.3 Å². The number of thioether (sulfide) groups is 1. The Kier molecular flexibility index (Phi) is 4.78. The van der Waals surface area contributed by atoms with Crippen LogP contribution in [-0.2, 0) is 0 Å². The van der Waals surface area contributed by atoms with E-state index in [0.29, 0.717) is 10.9 Å². The van der Waals surface area contributed by atoms with Crippen LogP contribution < -0.4 is 5.32 Å². The van der Waals surface area contributed by atoms with Crippen molar-refractivity contribution in [2.75, 3.05) is 6.26 Å².